The first kappa shape index (κ1) is 28.7. The number of carbonyl (C=O) groups is 6. The number of pyridine rings is 1. The molecule has 14 heteroatoms. The molecule has 1 aromatic heterocycles. The summed E-state index contributed by atoms with van der Waals surface area (Å²) in [4.78, 5) is 90.5. The number of hydrogen-bond acceptors (Lipinski definition) is 13. The van der Waals surface area contributed by atoms with Crippen LogP contribution in [-0.4, -0.2) is 83.0 Å². The molecule has 14 nitrogen and oxygen atoms in total. The average molecular weight is 523 g/mol. The zero-order valence-electron chi connectivity index (χ0n) is 21.0. The molecule has 0 amide bonds. The Labute approximate surface area is 210 Å². The van der Waals surface area contributed by atoms with Crippen LogP contribution in [0.15, 0.2) is 10.4 Å². The molecule has 1 aliphatic carbocycles. The second-order valence-corrected chi connectivity index (χ2v) is 7.44. The number of esters is 6. The molecule has 1 fully saturated rings. The van der Waals surface area contributed by atoms with Gasteiger partial charge < -0.3 is 28.4 Å². The lowest BCUT2D eigenvalue weighted by molar-refractivity contribution is -0.143. The van der Waals surface area contributed by atoms with Gasteiger partial charge in [-0.05, 0) is 12.8 Å². The minimum atomic E-state index is -1.34. The molecule has 0 bridgehead atoms. The fourth-order valence-electron chi connectivity index (χ4n) is 3.59. The van der Waals surface area contributed by atoms with Gasteiger partial charge in [0.1, 0.15) is 11.3 Å². The van der Waals surface area contributed by atoms with Gasteiger partial charge in [-0.3, -0.25) is 14.2 Å². The summed E-state index contributed by atoms with van der Waals surface area (Å²) in [5.74, 6) is -7.35. The van der Waals surface area contributed by atoms with Crippen LogP contribution >= 0.6 is 0 Å². The Kier molecular flexibility index (Phi) is 9.30. The highest BCUT2D eigenvalue weighted by atomic mass is 16.5. The van der Waals surface area contributed by atoms with Gasteiger partial charge in [-0.1, -0.05) is 0 Å². The van der Waals surface area contributed by atoms with E-state index in [0.717, 1.165) is 47.2 Å². The lowest BCUT2D eigenvalue weighted by Gasteiger charge is -2.21. The number of nitrogens with zero attached hydrogens (tertiary/aromatic N) is 1. The van der Waals surface area contributed by atoms with E-state index >= 15 is 0 Å². The predicted molar refractivity (Wildman–Crippen MR) is 121 cm³/mol. The topological polar surface area (TPSA) is 180 Å². The van der Waals surface area contributed by atoms with Gasteiger partial charge >= 0.3 is 35.8 Å². The smallest absolute Gasteiger partial charge is 0.355 e. The Bertz CT molecular complexity index is 1250. The van der Waals surface area contributed by atoms with E-state index in [0.29, 0.717) is 12.8 Å². The number of aromatic nitrogens is 1. The minimum Gasteiger partial charge on any atom is -0.469 e. The van der Waals surface area contributed by atoms with Crippen LogP contribution in [0, 0.1) is 0 Å². The second-order valence-electron chi connectivity index (χ2n) is 7.44. The molecule has 200 valence electrons. The molecule has 1 saturated carbocycles. The van der Waals surface area contributed by atoms with Gasteiger partial charge in [0.15, 0.2) is 0 Å². The lowest BCUT2D eigenvalue weighted by atomic mass is 9.90. The van der Waals surface area contributed by atoms with Crippen molar-refractivity contribution in [3.05, 3.63) is 38.3 Å². The molecule has 0 radical (unpaired) electrons. The van der Waals surface area contributed by atoms with Crippen LogP contribution < -0.4 is 5.56 Å². The predicted octanol–water partition coefficient (Wildman–Crippen LogP) is 0.206. The molecular weight excluding hydrogens is 498 g/mol. The zero-order chi connectivity index (χ0) is 28.0. The van der Waals surface area contributed by atoms with Crippen LogP contribution in [0.3, 0.4) is 0 Å². The largest absolute Gasteiger partial charge is 0.469 e. The summed E-state index contributed by atoms with van der Waals surface area (Å²) < 4.78 is 29.2. The van der Waals surface area contributed by atoms with Crippen LogP contribution in [0.2, 0.25) is 0 Å². The Morgan fingerprint density at radius 3 is 1.62 bits per heavy atom. The molecule has 0 N–H and O–H groups in total. The van der Waals surface area contributed by atoms with Crippen LogP contribution in [0.1, 0.15) is 62.1 Å². The van der Waals surface area contributed by atoms with E-state index in [1.165, 1.54) is 0 Å². The number of carbonyl (C=O) groups excluding carboxylic acids is 6. The first-order chi connectivity index (χ1) is 17.5. The molecule has 0 spiro atoms. The quantitative estimate of drug-likeness (QED) is 0.244. The fraction of sp³-hybridized carbons (Fsp3) is 0.435. The molecule has 0 unspecified atom stereocenters. The monoisotopic (exact) mass is 523 g/mol. The Balaban J connectivity index is 3.35. The van der Waals surface area contributed by atoms with E-state index < -0.39 is 87.4 Å². The van der Waals surface area contributed by atoms with Crippen molar-refractivity contribution in [2.75, 3.05) is 42.7 Å². The summed E-state index contributed by atoms with van der Waals surface area (Å²) in [6.07, 6.45) is -0.0982. The molecule has 0 aliphatic heterocycles. The van der Waals surface area contributed by atoms with Gasteiger partial charge in [-0.25, -0.2) is 24.0 Å². The van der Waals surface area contributed by atoms with Crippen molar-refractivity contribution in [2.45, 2.75) is 25.3 Å². The molecule has 1 aromatic rings. The summed E-state index contributed by atoms with van der Waals surface area (Å²) in [5.41, 5.74) is -5.84. The fourth-order valence-corrected chi connectivity index (χ4v) is 3.59. The minimum absolute atomic E-state index is 0.394. The molecule has 37 heavy (non-hydrogen) atoms. The molecular formula is C23H25NO13. The number of hydrogen-bond donors (Lipinski definition) is 0. The van der Waals surface area contributed by atoms with E-state index in [-0.39, 0.29) is 0 Å². The number of rotatable bonds is 9. The molecule has 2 rings (SSSR count). The molecule has 1 heterocycles. The highest BCUT2D eigenvalue weighted by molar-refractivity contribution is 6.26. The first-order valence-electron chi connectivity index (χ1n) is 10.6. The normalized spacial score (nSPS) is 13.0. The van der Waals surface area contributed by atoms with Gasteiger partial charge in [0.2, 0.25) is 0 Å². The maximum absolute atomic E-state index is 13.9. The summed E-state index contributed by atoms with van der Waals surface area (Å²) in [6, 6.07) is -0.628. The summed E-state index contributed by atoms with van der Waals surface area (Å²) in [6.45, 7) is 0. The van der Waals surface area contributed by atoms with Crippen molar-refractivity contribution in [3.8, 4) is 0 Å². The van der Waals surface area contributed by atoms with Crippen molar-refractivity contribution in [2.24, 2.45) is 0 Å². The summed E-state index contributed by atoms with van der Waals surface area (Å²) >= 11 is 0. The van der Waals surface area contributed by atoms with Gasteiger partial charge in [0.05, 0.1) is 71.4 Å². The summed E-state index contributed by atoms with van der Waals surface area (Å²) in [5, 5.41) is 0. The van der Waals surface area contributed by atoms with Gasteiger partial charge in [0.25, 0.3) is 5.56 Å². The van der Waals surface area contributed by atoms with Gasteiger partial charge in [-0.15, -0.1) is 0 Å². The molecule has 0 atom stereocenters. The zero-order valence-corrected chi connectivity index (χ0v) is 21.0. The molecule has 0 saturated heterocycles. The van der Waals surface area contributed by atoms with E-state index in [1.807, 2.05) is 0 Å². The van der Waals surface area contributed by atoms with E-state index in [2.05, 4.69) is 9.47 Å². The van der Waals surface area contributed by atoms with Crippen LogP contribution in [0.25, 0.3) is 5.57 Å². The number of ether oxygens (including phenoxy) is 6. The third kappa shape index (κ3) is 5.52. The Morgan fingerprint density at radius 1 is 0.676 bits per heavy atom. The van der Waals surface area contributed by atoms with Crippen LogP contribution in [0.4, 0.5) is 0 Å². The molecule has 1 aliphatic rings. The Morgan fingerprint density at radius 2 is 1.19 bits per heavy atom. The van der Waals surface area contributed by atoms with Crippen molar-refractivity contribution < 1.29 is 57.2 Å². The van der Waals surface area contributed by atoms with Crippen molar-refractivity contribution in [1.82, 2.24) is 4.57 Å². The summed E-state index contributed by atoms with van der Waals surface area (Å²) in [7, 11) is 5.71. The van der Waals surface area contributed by atoms with E-state index in [4.69, 9.17) is 18.9 Å². The van der Waals surface area contributed by atoms with Gasteiger partial charge in [0, 0.05) is 6.04 Å². The lowest BCUT2D eigenvalue weighted by Crippen LogP contribution is -2.37. The van der Waals surface area contributed by atoms with Crippen LogP contribution in [0.5, 0.6) is 0 Å². The van der Waals surface area contributed by atoms with Crippen molar-refractivity contribution in [1.29, 1.82) is 0 Å². The third-order valence-electron chi connectivity index (χ3n) is 5.40. The number of methoxy groups -OCH3 is 6. The average Bonchev–Trinajstić information content (AvgIpc) is 3.75. The van der Waals surface area contributed by atoms with Crippen LogP contribution in [-0.2, 0) is 42.8 Å². The Hall–Kier alpha value is -4.49. The highest BCUT2D eigenvalue weighted by Gasteiger charge is 2.42. The third-order valence-corrected chi connectivity index (χ3v) is 5.40. The van der Waals surface area contributed by atoms with Crippen molar-refractivity contribution in [3.63, 3.8) is 0 Å². The molecule has 0 aromatic carbocycles. The van der Waals surface area contributed by atoms with E-state index in [1.54, 1.807) is 0 Å². The maximum Gasteiger partial charge on any atom is 0.355 e. The standard InChI is InChI=1S/C23H25NO13/c1-32-12(25)9-11(19(27)33-2)13(20(28)34-3)14-15(21(29)35-4)16(22(30)36-5)17(23(31)37-6)24(18(14)26)10-7-8-10/h10H,7-9H2,1-6H3/b13-11+. The maximum atomic E-state index is 13.9. The van der Waals surface area contributed by atoms with E-state index in [9.17, 15) is 33.6 Å². The van der Waals surface area contributed by atoms with Crippen molar-refractivity contribution >= 4 is 41.4 Å². The second kappa shape index (κ2) is 12.0. The SMILES string of the molecule is COC(=O)C/C(C(=O)OC)=C(\C(=O)OC)c1c(C(=O)OC)c(C(=O)OC)c(C(=O)OC)n(C2CC2)c1=O. The first-order valence-corrected chi connectivity index (χ1v) is 10.6. The van der Waals surface area contributed by atoms with Gasteiger partial charge in [-0.2, -0.15) is 0 Å². The highest BCUT2D eigenvalue weighted by Crippen LogP contribution is 2.38.